The van der Waals surface area contributed by atoms with Crippen LogP contribution in [0, 0.1) is 5.92 Å². The van der Waals surface area contributed by atoms with Crippen molar-refractivity contribution in [1.82, 2.24) is 9.80 Å². The first kappa shape index (κ1) is 12.9. The molecule has 0 saturated carbocycles. The quantitative estimate of drug-likeness (QED) is 0.650. The zero-order valence-corrected chi connectivity index (χ0v) is 10.0. The van der Waals surface area contributed by atoms with Crippen molar-refractivity contribution in [3.63, 3.8) is 0 Å². The number of rotatable bonds is 2. The van der Waals surface area contributed by atoms with Gasteiger partial charge in [0.2, 0.25) is 0 Å². The van der Waals surface area contributed by atoms with Gasteiger partial charge in [0.1, 0.15) is 0 Å². The summed E-state index contributed by atoms with van der Waals surface area (Å²) in [5.41, 5.74) is 0. The van der Waals surface area contributed by atoms with Crippen molar-refractivity contribution in [2.24, 2.45) is 5.92 Å². The van der Waals surface area contributed by atoms with Gasteiger partial charge in [-0.1, -0.05) is 27.7 Å². The van der Waals surface area contributed by atoms with Crippen molar-refractivity contribution < 1.29 is 0 Å². The van der Waals surface area contributed by atoms with Crippen LogP contribution in [-0.4, -0.2) is 49.6 Å². The third-order valence-electron chi connectivity index (χ3n) is 2.22. The van der Waals surface area contributed by atoms with Gasteiger partial charge in [-0.3, -0.25) is 0 Å². The second kappa shape index (κ2) is 7.34. The minimum Gasteiger partial charge on any atom is -0.304 e. The van der Waals surface area contributed by atoms with E-state index >= 15 is 0 Å². The van der Waals surface area contributed by atoms with E-state index < -0.39 is 0 Å². The average molecular weight is 186 g/mol. The smallest absolute Gasteiger partial charge is 0.0110 e. The number of piperazine rings is 1. The molecule has 0 unspecified atom stereocenters. The van der Waals surface area contributed by atoms with E-state index in [1.807, 2.05) is 13.8 Å². The summed E-state index contributed by atoms with van der Waals surface area (Å²) < 4.78 is 0. The lowest BCUT2D eigenvalue weighted by molar-refractivity contribution is 0.141. The van der Waals surface area contributed by atoms with Crippen molar-refractivity contribution in [3.05, 3.63) is 0 Å². The second-order valence-corrected chi connectivity index (χ2v) is 4.00. The summed E-state index contributed by atoms with van der Waals surface area (Å²) in [5, 5.41) is 0. The van der Waals surface area contributed by atoms with Crippen LogP contribution < -0.4 is 0 Å². The molecule has 1 aliphatic heterocycles. The molecule has 2 nitrogen and oxygen atoms in total. The summed E-state index contributed by atoms with van der Waals surface area (Å²) in [6.07, 6.45) is 0. The number of hydrogen-bond acceptors (Lipinski definition) is 2. The van der Waals surface area contributed by atoms with Crippen LogP contribution >= 0.6 is 0 Å². The summed E-state index contributed by atoms with van der Waals surface area (Å²) in [7, 11) is 2.20. The summed E-state index contributed by atoms with van der Waals surface area (Å²) in [5.74, 6) is 0.818. The molecule has 1 fully saturated rings. The topological polar surface area (TPSA) is 6.48 Å². The van der Waals surface area contributed by atoms with Crippen LogP contribution in [0.1, 0.15) is 27.7 Å². The van der Waals surface area contributed by atoms with Crippen molar-refractivity contribution in [2.75, 3.05) is 39.8 Å². The molecule has 1 aliphatic rings. The Morgan fingerprint density at radius 3 is 1.85 bits per heavy atom. The first-order valence-electron chi connectivity index (χ1n) is 5.59. The first-order valence-corrected chi connectivity index (χ1v) is 5.59. The molecule has 0 aromatic rings. The summed E-state index contributed by atoms with van der Waals surface area (Å²) in [6.45, 7) is 14.9. The Morgan fingerprint density at radius 2 is 1.46 bits per heavy atom. The largest absolute Gasteiger partial charge is 0.304 e. The molecule has 13 heavy (non-hydrogen) atoms. The van der Waals surface area contributed by atoms with Gasteiger partial charge in [-0.25, -0.2) is 0 Å². The maximum Gasteiger partial charge on any atom is 0.0110 e. The minimum absolute atomic E-state index is 0.818. The second-order valence-electron chi connectivity index (χ2n) is 4.00. The third kappa shape index (κ3) is 6.05. The van der Waals surface area contributed by atoms with Gasteiger partial charge in [-0.05, 0) is 13.0 Å². The molecule has 0 amide bonds. The molecule has 1 heterocycles. The van der Waals surface area contributed by atoms with Crippen LogP contribution in [0.15, 0.2) is 0 Å². The molecule has 0 aliphatic carbocycles. The molecule has 0 bridgehead atoms. The predicted molar refractivity (Wildman–Crippen MR) is 60.1 cm³/mol. The lowest BCUT2D eigenvalue weighted by atomic mass is 10.2. The Bertz CT molecular complexity index is 105. The van der Waals surface area contributed by atoms with Crippen molar-refractivity contribution in [3.8, 4) is 0 Å². The number of likely N-dealkylation sites (N-methyl/N-ethyl adjacent to an activating group) is 1. The van der Waals surface area contributed by atoms with Gasteiger partial charge < -0.3 is 9.80 Å². The first-order chi connectivity index (χ1) is 6.18. The summed E-state index contributed by atoms with van der Waals surface area (Å²) in [4.78, 5) is 4.96. The molecule has 80 valence electrons. The Kier molecular flexibility index (Phi) is 7.29. The molecule has 0 aromatic carbocycles. The molecular weight excluding hydrogens is 160 g/mol. The highest BCUT2D eigenvalue weighted by molar-refractivity contribution is 4.69. The van der Waals surface area contributed by atoms with Gasteiger partial charge in [-0.2, -0.15) is 0 Å². The molecular formula is C11H26N2. The standard InChI is InChI=1S/C9H20N2.C2H6/c1-9(2)8-11-6-4-10(3)5-7-11;1-2/h9H,4-8H2,1-3H3;1-2H3. The van der Waals surface area contributed by atoms with Crippen LogP contribution in [-0.2, 0) is 0 Å². The van der Waals surface area contributed by atoms with Crippen LogP contribution in [0.5, 0.6) is 0 Å². The lowest BCUT2D eigenvalue weighted by Crippen LogP contribution is -2.45. The van der Waals surface area contributed by atoms with Gasteiger partial charge in [0.05, 0.1) is 0 Å². The summed E-state index contributed by atoms with van der Waals surface area (Å²) in [6, 6.07) is 0. The van der Waals surface area contributed by atoms with Gasteiger partial charge >= 0.3 is 0 Å². The van der Waals surface area contributed by atoms with E-state index in [4.69, 9.17) is 0 Å². The van der Waals surface area contributed by atoms with Crippen LogP contribution in [0.3, 0.4) is 0 Å². The molecule has 0 spiro atoms. The molecule has 0 atom stereocenters. The summed E-state index contributed by atoms with van der Waals surface area (Å²) >= 11 is 0. The highest BCUT2D eigenvalue weighted by Crippen LogP contribution is 2.02. The Morgan fingerprint density at radius 1 is 1.00 bits per heavy atom. The average Bonchev–Trinajstić information content (AvgIpc) is 2.12. The zero-order chi connectivity index (χ0) is 10.3. The molecule has 0 radical (unpaired) electrons. The van der Waals surface area contributed by atoms with Crippen molar-refractivity contribution in [1.29, 1.82) is 0 Å². The predicted octanol–water partition coefficient (Wildman–Crippen LogP) is 1.92. The molecule has 0 aromatic heterocycles. The molecule has 1 rings (SSSR count). The van der Waals surface area contributed by atoms with Gasteiger partial charge in [0.25, 0.3) is 0 Å². The van der Waals surface area contributed by atoms with E-state index in [0.29, 0.717) is 0 Å². The van der Waals surface area contributed by atoms with Crippen molar-refractivity contribution in [2.45, 2.75) is 27.7 Å². The van der Waals surface area contributed by atoms with Gasteiger partial charge in [-0.15, -0.1) is 0 Å². The Hall–Kier alpha value is -0.0800. The van der Waals surface area contributed by atoms with E-state index in [1.165, 1.54) is 32.7 Å². The normalized spacial score (nSPS) is 19.8. The fourth-order valence-corrected chi connectivity index (χ4v) is 1.55. The van der Waals surface area contributed by atoms with Crippen molar-refractivity contribution >= 4 is 0 Å². The monoisotopic (exact) mass is 186 g/mol. The Balaban J connectivity index is 0.000000671. The van der Waals surface area contributed by atoms with Gasteiger partial charge in [0, 0.05) is 32.7 Å². The van der Waals surface area contributed by atoms with Crippen LogP contribution in [0.25, 0.3) is 0 Å². The fourth-order valence-electron chi connectivity index (χ4n) is 1.55. The van der Waals surface area contributed by atoms with Crippen LogP contribution in [0.4, 0.5) is 0 Å². The lowest BCUT2D eigenvalue weighted by Gasteiger charge is -2.33. The number of nitrogens with zero attached hydrogens (tertiary/aromatic N) is 2. The van der Waals surface area contributed by atoms with E-state index in [2.05, 4.69) is 30.7 Å². The van der Waals surface area contributed by atoms with E-state index in [0.717, 1.165) is 5.92 Å². The zero-order valence-electron chi connectivity index (χ0n) is 10.0. The highest BCUT2D eigenvalue weighted by Gasteiger charge is 2.13. The minimum atomic E-state index is 0.818. The third-order valence-corrected chi connectivity index (χ3v) is 2.22. The Labute approximate surface area is 83.9 Å². The van der Waals surface area contributed by atoms with E-state index in [9.17, 15) is 0 Å². The van der Waals surface area contributed by atoms with Gasteiger partial charge in [0.15, 0.2) is 0 Å². The molecule has 1 saturated heterocycles. The highest BCUT2D eigenvalue weighted by atomic mass is 15.2. The maximum atomic E-state index is 2.56. The SMILES string of the molecule is CC.CC(C)CN1CCN(C)CC1. The van der Waals surface area contributed by atoms with Crippen LogP contribution in [0.2, 0.25) is 0 Å². The van der Waals surface area contributed by atoms with E-state index in [1.54, 1.807) is 0 Å². The molecule has 2 heteroatoms. The maximum absolute atomic E-state index is 2.56. The molecule has 0 N–H and O–H groups in total. The number of hydrogen-bond donors (Lipinski definition) is 0. The van der Waals surface area contributed by atoms with E-state index in [-0.39, 0.29) is 0 Å². The fraction of sp³-hybridized carbons (Fsp3) is 1.00.